The fourth-order valence-electron chi connectivity index (χ4n) is 3.96. The normalized spacial score (nSPS) is 12.0. The molecule has 1 atom stereocenters. The summed E-state index contributed by atoms with van der Waals surface area (Å²) < 4.78 is 26.5. The predicted molar refractivity (Wildman–Crippen MR) is 153 cm³/mol. The molecule has 0 aliphatic heterocycles. The summed E-state index contributed by atoms with van der Waals surface area (Å²) in [6, 6.07) is 19.6. The van der Waals surface area contributed by atoms with Crippen LogP contribution in [0.2, 0.25) is 15.1 Å². The van der Waals surface area contributed by atoms with Gasteiger partial charge in [0.15, 0.2) is 0 Å². The maximum Gasteiger partial charge on any atom is 0.244 e. The highest BCUT2D eigenvalue weighted by atomic mass is 35.5. The molecule has 0 aromatic heterocycles. The largest absolute Gasteiger partial charge is 0.355 e. The van der Waals surface area contributed by atoms with Gasteiger partial charge in [0.2, 0.25) is 21.8 Å². The van der Waals surface area contributed by atoms with Crippen LogP contribution in [0.1, 0.15) is 18.1 Å². The van der Waals surface area contributed by atoms with E-state index in [2.05, 4.69) is 5.32 Å². The molecular formula is C27H28Cl3N3O4S. The second-order valence-electron chi connectivity index (χ2n) is 8.62. The summed E-state index contributed by atoms with van der Waals surface area (Å²) in [5, 5.41) is 3.66. The first-order valence-corrected chi connectivity index (χ1v) is 14.8. The number of hydrogen-bond acceptors (Lipinski definition) is 4. The molecule has 2 amide bonds. The number of sulfonamides is 1. The van der Waals surface area contributed by atoms with Crippen LogP contribution in [0.3, 0.4) is 0 Å². The van der Waals surface area contributed by atoms with E-state index in [1.165, 1.54) is 23.1 Å². The van der Waals surface area contributed by atoms with E-state index in [0.29, 0.717) is 22.2 Å². The zero-order chi connectivity index (χ0) is 27.9. The average Bonchev–Trinajstić information content (AvgIpc) is 2.85. The Labute approximate surface area is 238 Å². The van der Waals surface area contributed by atoms with Crippen LogP contribution in [0.5, 0.6) is 0 Å². The number of hydrogen-bond donors (Lipinski definition) is 1. The van der Waals surface area contributed by atoms with Gasteiger partial charge in [-0.1, -0.05) is 77.3 Å². The van der Waals surface area contributed by atoms with E-state index in [9.17, 15) is 18.0 Å². The van der Waals surface area contributed by atoms with E-state index in [0.717, 1.165) is 16.1 Å². The van der Waals surface area contributed by atoms with Crippen molar-refractivity contribution in [3.05, 3.63) is 99.0 Å². The van der Waals surface area contributed by atoms with Crippen molar-refractivity contribution in [1.82, 2.24) is 10.2 Å². The SMILES string of the molecule is CCNC(=O)[C@H](Cc1ccccc1)N(Cc1cccc(Cl)c1)C(=O)CN(c1ccc(Cl)cc1Cl)S(C)(=O)=O. The first kappa shape index (κ1) is 29.8. The van der Waals surface area contributed by atoms with Gasteiger partial charge >= 0.3 is 0 Å². The van der Waals surface area contributed by atoms with Crippen molar-refractivity contribution >= 4 is 62.3 Å². The maximum absolute atomic E-state index is 13.9. The third-order valence-corrected chi connectivity index (χ3v) is 7.62. The molecule has 1 N–H and O–H groups in total. The van der Waals surface area contributed by atoms with Gasteiger partial charge < -0.3 is 10.2 Å². The zero-order valence-corrected chi connectivity index (χ0v) is 24.0. The average molecular weight is 597 g/mol. The lowest BCUT2D eigenvalue weighted by atomic mass is 10.0. The molecular weight excluding hydrogens is 569 g/mol. The summed E-state index contributed by atoms with van der Waals surface area (Å²) in [6.45, 7) is 1.60. The van der Waals surface area contributed by atoms with Crippen LogP contribution >= 0.6 is 34.8 Å². The lowest BCUT2D eigenvalue weighted by Crippen LogP contribution is -2.53. The number of halogens is 3. The summed E-state index contributed by atoms with van der Waals surface area (Å²) in [4.78, 5) is 28.6. The smallest absolute Gasteiger partial charge is 0.244 e. The molecule has 0 saturated heterocycles. The van der Waals surface area contributed by atoms with Crippen LogP contribution in [0.4, 0.5) is 5.69 Å². The van der Waals surface area contributed by atoms with Gasteiger partial charge in [-0.2, -0.15) is 0 Å². The summed E-state index contributed by atoms with van der Waals surface area (Å²) in [5.74, 6) is -0.948. The molecule has 0 saturated carbocycles. The third-order valence-electron chi connectivity index (χ3n) is 5.72. The number of benzene rings is 3. The zero-order valence-electron chi connectivity index (χ0n) is 20.9. The first-order chi connectivity index (χ1) is 18.0. The predicted octanol–water partition coefficient (Wildman–Crippen LogP) is 5.19. The van der Waals surface area contributed by atoms with E-state index in [1.54, 1.807) is 31.2 Å². The van der Waals surface area contributed by atoms with E-state index in [4.69, 9.17) is 34.8 Å². The Morgan fingerprint density at radius 2 is 1.55 bits per heavy atom. The van der Waals surface area contributed by atoms with Crippen LogP contribution in [-0.2, 0) is 32.6 Å². The second kappa shape index (κ2) is 13.3. The quantitative estimate of drug-likeness (QED) is 0.330. The molecule has 3 rings (SSSR count). The molecule has 38 heavy (non-hydrogen) atoms. The number of carbonyl (C=O) groups excluding carboxylic acids is 2. The minimum atomic E-state index is -3.94. The van der Waals surface area contributed by atoms with Crippen molar-refractivity contribution in [2.75, 3.05) is 23.7 Å². The summed E-state index contributed by atoms with van der Waals surface area (Å²) in [6.07, 6.45) is 1.21. The van der Waals surface area contributed by atoms with Gasteiger partial charge in [0.05, 0.1) is 17.0 Å². The Kier molecular flexibility index (Phi) is 10.4. The van der Waals surface area contributed by atoms with Gasteiger partial charge in [-0.3, -0.25) is 13.9 Å². The lowest BCUT2D eigenvalue weighted by Gasteiger charge is -2.33. The topological polar surface area (TPSA) is 86.8 Å². The van der Waals surface area contributed by atoms with Gasteiger partial charge in [0.25, 0.3) is 0 Å². The standard InChI is InChI=1S/C27H28Cl3N3O4S/c1-3-31-27(35)25(15-19-8-5-4-6-9-19)32(17-20-10-7-11-21(28)14-20)26(34)18-33(38(2,36)37)24-13-12-22(29)16-23(24)30/h4-14,16,25H,3,15,17-18H2,1-2H3,(H,31,35)/t25-/m0/s1. The van der Waals surface area contributed by atoms with Gasteiger partial charge in [-0.05, 0) is 48.4 Å². The summed E-state index contributed by atoms with van der Waals surface area (Å²) in [5.41, 5.74) is 1.63. The Morgan fingerprint density at radius 1 is 0.895 bits per heavy atom. The van der Waals surface area contributed by atoms with Crippen molar-refractivity contribution in [3.63, 3.8) is 0 Å². The minimum Gasteiger partial charge on any atom is -0.355 e. The summed E-state index contributed by atoms with van der Waals surface area (Å²) in [7, 11) is -3.94. The molecule has 0 radical (unpaired) electrons. The molecule has 0 aliphatic carbocycles. The third kappa shape index (κ3) is 8.11. The number of rotatable bonds is 11. The summed E-state index contributed by atoms with van der Waals surface area (Å²) >= 11 is 18.5. The molecule has 0 spiro atoms. The Hall–Kier alpha value is -2.78. The Balaban J connectivity index is 2.06. The van der Waals surface area contributed by atoms with Crippen molar-refractivity contribution in [2.24, 2.45) is 0 Å². The van der Waals surface area contributed by atoms with E-state index < -0.39 is 28.5 Å². The highest BCUT2D eigenvalue weighted by molar-refractivity contribution is 7.92. The second-order valence-corrected chi connectivity index (χ2v) is 11.8. The number of likely N-dealkylation sites (N-methyl/N-ethyl adjacent to an activating group) is 1. The van der Waals surface area contributed by atoms with Crippen LogP contribution < -0.4 is 9.62 Å². The van der Waals surface area contributed by atoms with Crippen molar-refractivity contribution < 1.29 is 18.0 Å². The van der Waals surface area contributed by atoms with Crippen molar-refractivity contribution in [2.45, 2.75) is 25.9 Å². The number of carbonyl (C=O) groups is 2. The fourth-order valence-corrected chi connectivity index (χ4v) is 5.59. The van der Waals surface area contributed by atoms with Gasteiger partial charge in [0.1, 0.15) is 12.6 Å². The lowest BCUT2D eigenvalue weighted by molar-refractivity contribution is -0.140. The maximum atomic E-state index is 13.9. The number of amides is 2. The molecule has 3 aromatic rings. The van der Waals surface area contributed by atoms with Gasteiger partial charge in [-0.25, -0.2) is 8.42 Å². The number of anilines is 1. The Bertz CT molecular complexity index is 1390. The van der Waals surface area contributed by atoms with E-state index >= 15 is 0 Å². The van der Waals surface area contributed by atoms with Crippen LogP contribution in [0, 0.1) is 0 Å². The minimum absolute atomic E-state index is 0.0278. The van der Waals surface area contributed by atoms with Crippen molar-refractivity contribution in [1.29, 1.82) is 0 Å². The van der Waals surface area contributed by atoms with Crippen LogP contribution in [-0.4, -0.2) is 50.5 Å². The van der Waals surface area contributed by atoms with Crippen LogP contribution in [0.15, 0.2) is 72.8 Å². The highest BCUT2D eigenvalue weighted by Crippen LogP contribution is 2.30. The van der Waals surface area contributed by atoms with Crippen LogP contribution in [0.25, 0.3) is 0 Å². The molecule has 0 aliphatic rings. The first-order valence-electron chi connectivity index (χ1n) is 11.8. The Morgan fingerprint density at radius 3 is 2.16 bits per heavy atom. The van der Waals surface area contributed by atoms with E-state index in [-0.39, 0.29) is 29.6 Å². The molecule has 0 heterocycles. The molecule has 0 unspecified atom stereocenters. The molecule has 0 bridgehead atoms. The van der Waals surface area contributed by atoms with Gasteiger partial charge in [-0.15, -0.1) is 0 Å². The fraction of sp³-hybridized carbons (Fsp3) is 0.259. The molecule has 0 fully saturated rings. The van der Waals surface area contributed by atoms with Gasteiger partial charge in [0, 0.05) is 29.6 Å². The number of nitrogens with zero attached hydrogens (tertiary/aromatic N) is 2. The molecule has 11 heteroatoms. The number of nitrogens with one attached hydrogen (secondary N) is 1. The molecule has 3 aromatic carbocycles. The molecule has 202 valence electrons. The highest BCUT2D eigenvalue weighted by Gasteiger charge is 2.33. The molecule has 7 nitrogen and oxygen atoms in total. The van der Waals surface area contributed by atoms with Crippen molar-refractivity contribution in [3.8, 4) is 0 Å². The monoisotopic (exact) mass is 595 g/mol. The van der Waals surface area contributed by atoms with E-state index in [1.807, 2.05) is 30.3 Å².